The van der Waals surface area contributed by atoms with Crippen molar-refractivity contribution < 1.29 is 18.9 Å². The number of nitrogens with zero attached hydrogens (tertiary/aromatic N) is 1. The van der Waals surface area contributed by atoms with Gasteiger partial charge in [-0.05, 0) is 26.0 Å². The Morgan fingerprint density at radius 3 is 2.13 bits per heavy atom. The van der Waals surface area contributed by atoms with E-state index in [9.17, 15) is 0 Å². The zero-order chi connectivity index (χ0) is 21.1. The first-order valence-electron chi connectivity index (χ1n) is 9.68. The largest absolute Gasteiger partial charge is 0.496 e. The zero-order valence-corrected chi connectivity index (χ0v) is 20.6. The fraction of sp³-hybridized carbons (Fsp3) is 0.409. The van der Waals surface area contributed by atoms with Gasteiger partial charge in [-0.3, -0.25) is 0 Å². The van der Waals surface area contributed by atoms with Crippen molar-refractivity contribution in [2.75, 3.05) is 34.5 Å². The van der Waals surface area contributed by atoms with Crippen LogP contribution in [0.2, 0.25) is 0 Å². The summed E-state index contributed by atoms with van der Waals surface area (Å²) in [7, 11) is 4.84. The summed E-state index contributed by atoms with van der Waals surface area (Å²) in [5.41, 5.74) is 1.97. The maximum Gasteiger partial charge on any atom is 0.191 e. The highest BCUT2D eigenvalue weighted by Crippen LogP contribution is 2.34. The summed E-state index contributed by atoms with van der Waals surface area (Å²) in [5.74, 6) is 3.54. The first-order valence-corrected chi connectivity index (χ1v) is 9.68. The lowest BCUT2D eigenvalue weighted by Crippen LogP contribution is -2.36. The van der Waals surface area contributed by atoms with Crippen LogP contribution in [0.15, 0.2) is 41.4 Å². The lowest BCUT2D eigenvalue weighted by atomic mass is 10.1. The van der Waals surface area contributed by atoms with Crippen molar-refractivity contribution in [3.05, 3.63) is 47.5 Å². The summed E-state index contributed by atoms with van der Waals surface area (Å²) in [6, 6.07) is 11.7. The normalized spacial score (nSPS) is 10.6. The van der Waals surface area contributed by atoms with Crippen molar-refractivity contribution in [1.29, 1.82) is 0 Å². The van der Waals surface area contributed by atoms with Crippen molar-refractivity contribution >= 4 is 29.9 Å². The number of rotatable bonds is 10. The lowest BCUT2D eigenvalue weighted by molar-refractivity contribution is 0.336. The van der Waals surface area contributed by atoms with Crippen LogP contribution < -0.4 is 29.6 Å². The molecule has 0 spiro atoms. The quantitative estimate of drug-likeness (QED) is 0.276. The molecular formula is C22H32IN3O4. The molecule has 0 radical (unpaired) electrons. The highest BCUT2D eigenvalue weighted by atomic mass is 127. The van der Waals surface area contributed by atoms with Crippen LogP contribution in [0.5, 0.6) is 23.0 Å². The van der Waals surface area contributed by atoms with Gasteiger partial charge in [0, 0.05) is 30.3 Å². The zero-order valence-electron chi connectivity index (χ0n) is 18.3. The molecule has 0 bridgehead atoms. The molecule has 7 nitrogen and oxygen atoms in total. The van der Waals surface area contributed by atoms with Crippen LogP contribution in [0, 0.1) is 0 Å². The Balaban J connectivity index is 0.00000450. The van der Waals surface area contributed by atoms with Gasteiger partial charge in [-0.1, -0.05) is 18.2 Å². The fourth-order valence-corrected chi connectivity index (χ4v) is 2.85. The van der Waals surface area contributed by atoms with Crippen molar-refractivity contribution in [2.45, 2.75) is 26.9 Å². The molecule has 0 atom stereocenters. The Kier molecular flexibility index (Phi) is 11.8. The molecule has 2 aromatic carbocycles. The molecule has 166 valence electrons. The molecule has 0 aliphatic carbocycles. The molecule has 0 aliphatic heterocycles. The third-order valence-corrected chi connectivity index (χ3v) is 4.26. The average Bonchev–Trinajstić information content (AvgIpc) is 2.76. The van der Waals surface area contributed by atoms with Gasteiger partial charge in [0.2, 0.25) is 0 Å². The number of guanidine groups is 1. The summed E-state index contributed by atoms with van der Waals surface area (Å²) < 4.78 is 21.9. The number of hydrogen-bond acceptors (Lipinski definition) is 5. The second-order valence-corrected chi connectivity index (χ2v) is 6.11. The van der Waals surface area contributed by atoms with Crippen molar-refractivity contribution in [3.8, 4) is 23.0 Å². The summed E-state index contributed by atoms with van der Waals surface area (Å²) in [6.45, 7) is 6.41. The predicted octanol–water partition coefficient (Wildman–Crippen LogP) is 3.98. The van der Waals surface area contributed by atoms with Crippen LogP contribution in [-0.4, -0.2) is 40.4 Å². The molecule has 0 heterocycles. The van der Waals surface area contributed by atoms with Crippen molar-refractivity contribution in [2.24, 2.45) is 4.99 Å². The van der Waals surface area contributed by atoms with Gasteiger partial charge < -0.3 is 29.6 Å². The minimum absolute atomic E-state index is 0. The van der Waals surface area contributed by atoms with E-state index in [0.717, 1.165) is 23.4 Å². The monoisotopic (exact) mass is 529 g/mol. The Morgan fingerprint density at radius 2 is 1.50 bits per heavy atom. The average molecular weight is 529 g/mol. The van der Waals surface area contributed by atoms with E-state index in [0.29, 0.717) is 42.9 Å². The molecule has 0 aromatic heterocycles. The Labute approximate surface area is 196 Å². The van der Waals surface area contributed by atoms with E-state index in [1.807, 2.05) is 50.2 Å². The SMILES string of the molecule is CCNC(=NCc1cc(OC)c(OC)cc1OC)NCc1ccccc1OCC.I. The third-order valence-electron chi connectivity index (χ3n) is 4.26. The molecular weight excluding hydrogens is 497 g/mol. The van der Waals surface area contributed by atoms with Gasteiger partial charge >= 0.3 is 0 Å². The number of methoxy groups -OCH3 is 3. The van der Waals surface area contributed by atoms with Gasteiger partial charge in [0.05, 0.1) is 34.5 Å². The molecule has 2 rings (SSSR count). The van der Waals surface area contributed by atoms with E-state index in [2.05, 4.69) is 10.6 Å². The van der Waals surface area contributed by atoms with Crippen molar-refractivity contribution in [3.63, 3.8) is 0 Å². The number of aliphatic imine (C=N–C) groups is 1. The minimum Gasteiger partial charge on any atom is -0.496 e. The van der Waals surface area contributed by atoms with E-state index < -0.39 is 0 Å². The first kappa shape index (κ1) is 25.7. The summed E-state index contributed by atoms with van der Waals surface area (Å²) in [5, 5.41) is 6.62. The first-order chi connectivity index (χ1) is 14.2. The molecule has 0 fully saturated rings. The third kappa shape index (κ3) is 7.16. The molecule has 8 heteroatoms. The Bertz CT molecular complexity index is 815. The topological polar surface area (TPSA) is 73.3 Å². The van der Waals surface area contributed by atoms with E-state index in [1.165, 1.54) is 0 Å². The number of para-hydroxylation sites is 1. The smallest absolute Gasteiger partial charge is 0.191 e. The fourth-order valence-electron chi connectivity index (χ4n) is 2.85. The van der Waals surface area contributed by atoms with Gasteiger partial charge in [-0.15, -0.1) is 24.0 Å². The minimum atomic E-state index is 0. The molecule has 0 saturated heterocycles. The summed E-state index contributed by atoms with van der Waals surface area (Å²) in [4.78, 5) is 4.69. The maximum absolute atomic E-state index is 5.69. The molecule has 0 amide bonds. The molecule has 0 unspecified atom stereocenters. The standard InChI is InChI=1S/C22H31N3O4.HI/c1-6-23-22(24-14-16-10-8-9-11-18(16)29-7-2)25-15-17-12-20(27-4)21(28-5)13-19(17)26-3;/h8-13H,6-7,14-15H2,1-5H3,(H2,23,24,25);1H. The van der Waals surface area contributed by atoms with Crippen LogP contribution in [0.3, 0.4) is 0 Å². The summed E-state index contributed by atoms with van der Waals surface area (Å²) in [6.07, 6.45) is 0. The predicted molar refractivity (Wildman–Crippen MR) is 131 cm³/mol. The van der Waals surface area contributed by atoms with Crippen LogP contribution in [-0.2, 0) is 13.1 Å². The highest BCUT2D eigenvalue weighted by Gasteiger charge is 2.12. The Hall–Kier alpha value is -2.36. The molecule has 2 aromatic rings. The van der Waals surface area contributed by atoms with Crippen LogP contribution in [0.4, 0.5) is 0 Å². The van der Waals surface area contributed by atoms with E-state index >= 15 is 0 Å². The molecule has 0 saturated carbocycles. The number of benzene rings is 2. The van der Waals surface area contributed by atoms with E-state index in [-0.39, 0.29) is 24.0 Å². The van der Waals surface area contributed by atoms with Gasteiger partial charge in [0.15, 0.2) is 17.5 Å². The molecule has 30 heavy (non-hydrogen) atoms. The second-order valence-electron chi connectivity index (χ2n) is 6.11. The van der Waals surface area contributed by atoms with Gasteiger partial charge in [0.1, 0.15) is 11.5 Å². The van der Waals surface area contributed by atoms with Gasteiger partial charge in [-0.25, -0.2) is 4.99 Å². The summed E-state index contributed by atoms with van der Waals surface area (Å²) >= 11 is 0. The van der Waals surface area contributed by atoms with Gasteiger partial charge in [-0.2, -0.15) is 0 Å². The van der Waals surface area contributed by atoms with Crippen LogP contribution >= 0.6 is 24.0 Å². The van der Waals surface area contributed by atoms with E-state index in [4.69, 9.17) is 23.9 Å². The highest BCUT2D eigenvalue weighted by molar-refractivity contribution is 14.0. The second kappa shape index (κ2) is 13.8. The van der Waals surface area contributed by atoms with Crippen LogP contribution in [0.25, 0.3) is 0 Å². The Morgan fingerprint density at radius 1 is 0.833 bits per heavy atom. The number of nitrogens with one attached hydrogen (secondary N) is 2. The number of ether oxygens (including phenoxy) is 4. The number of halogens is 1. The van der Waals surface area contributed by atoms with Crippen LogP contribution in [0.1, 0.15) is 25.0 Å². The molecule has 0 aliphatic rings. The van der Waals surface area contributed by atoms with E-state index in [1.54, 1.807) is 21.3 Å². The molecule has 2 N–H and O–H groups in total. The van der Waals surface area contributed by atoms with Gasteiger partial charge in [0.25, 0.3) is 0 Å². The maximum atomic E-state index is 5.69. The number of hydrogen-bond donors (Lipinski definition) is 2. The lowest BCUT2D eigenvalue weighted by Gasteiger charge is -2.15. The van der Waals surface area contributed by atoms with Crippen molar-refractivity contribution in [1.82, 2.24) is 10.6 Å².